The van der Waals surface area contributed by atoms with Crippen molar-refractivity contribution < 1.29 is 14.2 Å². The van der Waals surface area contributed by atoms with Crippen molar-refractivity contribution in [3.8, 4) is 28.5 Å². The molecular formula is C19H27N3O3. The van der Waals surface area contributed by atoms with Crippen LogP contribution in [-0.4, -0.2) is 49.0 Å². The van der Waals surface area contributed by atoms with Gasteiger partial charge in [-0.25, -0.2) is 0 Å². The van der Waals surface area contributed by atoms with Crippen LogP contribution >= 0.6 is 0 Å². The number of nitrogens with one attached hydrogen (secondary N) is 1. The number of benzene rings is 1. The average Bonchev–Trinajstić information content (AvgIpc) is 3.08. The van der Waals surface area contributed by atoms with E-state index in [4.69, 9.17) is 14.2 Å². The molecule has 3 rings (SSSR count). The molecule has 25 heavy (non-hydrogen) atoms. The van der Waals surface area contributed by atoms with Crippen LogP contribution in [0.3, 0.4) is 0 Å². The van der Waals surface area contributed by atoms with Crippen LogP contribution in [0, 0.1) is 0 Å². The molecule has 0 saturated heterocycles. The van der Waals surface area contributed by atoms with Crippen LogP contribution in [-0.2, 0) is 13.0 Å². The number of hydrogen-bond acceptors (Lipinski definition) is 5. The first-order valence-electron chi connectivity index (χ1n) is 8.89. The molecule has 6 heteroatoms. The molecule has 136 valence electrons. The number of fused-ring (bicyclic) bond motifs is 1. The van der Waals surface area contributed by atoms with Gasteiger partial charge < -0.3 is 14.2 Å². The Bertz CT molecular complexity index is 702. The van der Waals surface area contributed by atoms with Crippen molar-refractivity contribution in [1.82, 2.24) is 15.1 Å². The monoisotopic (exact) mass is 345 g/mol. The zero-order chi connectivity index (χ0) is 17.8. The van der Waals surface area contributed by atoms with E-state index in [1.807, 2.05) is 12.1 Å². The lowest BCUT2D eigenvalue weighted by Crippen LogP contribution is -2.30. The van der Waals surface area contributed by atoms with Crippen LogP contribution in [0.1, 0.15) is 31.5 Å². The minimum Gasteiger partial charge on any atom is -0.493 e. The first-order chi connectivity index (χ1) is 12.2. The molecule has 0 fully saturated rings. The Morgan fingerprint density at radius 2 is 1.88 bits per heavy atom. The van der Waals surface area contributed by atoms with E-state index in [1.165, 1.54) is 11.3 Å². The van der Waals surface area contributed by atoms with Gasteiger partial charge in [-0.15, -0.1) is 0 Å². The van der Waals surface area contributed by atoms with Gasteiger partial charge >= 0.3 is 0 Å². The molecule has 0 bridgehead atoms. The van der Waals surface area contributed by atoms with Crippen molar-refractivity contribution in [1.29, 1.82) is 0 Å². The first kappa shape index (κ1) is 17.6. The summed E-state index contributed by atoms with van der Waals surface area (Å²) in [6, 6.07) is 3.96. The van der Waals surface area contributed by atoms with Crippen molar-refractivity contribution in [3.63, 3.8) is 0 Å². The molecular weight excluding hydrogens is 318 g/mol. The zero-order valence-electron chi connectivity index (χ0n) is 15.5. The summed E-state index contributed by atoms with van der Waals surface area (Å²) in [5.41, 5.74) is 4.43. The second kappa shape index (κ2) is 7.78. The summed E-state index contributed by atoms with van der Waals surface area (Å²) < 4.78 is 16.9. The van der Waals surface area contributed by atoms with E-state index < -0.39 is 0 Å². The standard InChI is InChI=1S/C19H27N3O3/c1-5-9-25-19-16(23-3)10-13(11-17(19)24-4)18-14-12-22(6-2)8-7-15(14)20-21-18/h10-11H,5-9,12H2,1-4H3,(H,20,21). The Morgan fingerprint density at radius 1 is 1.16 bits per heavy atom. The van der Waals surface area contributed by atoms with Gasteiger partial charge in [0, 0.05) is 36.3 Å². The van der Waals surface area contributed by atoms with Gasteiger partial charge in [0.25, 0.3) is 0 Å². The van der Waals surface area contributed by atoms with Gasteiger partial charge in [0.2, 0.25) is 5.75 Å². The highest BCUT2D eigenvalue weighted by Gasteiger charge is 2.24. The van der Waals surface area contributed by atoms with E-state index in [-0.39, 0.29) is 0 Å². The highest BCUT2D eigenvalue weighted by Crippen LogP contribution is 2.42. The fraction of sp³-hybridized carbons (Fsp3) is 0.526. The van der Waals surface area contributed by atoms with Crippen molar-refractivity contribution in [3.05, 3.63) is 23.4 Å². The summed E-state index contributed by atoms with van der Waals surface area (Å²) >= 11 is 0. The number of hydrogen-bond donors (Lipinski definition) is 1. The van der Waals surface area contributed by atoms with Gasteiger partial charge in [-0.1, -0.05) is 13.8 Å². The maximum absolute atomic E-state index is 5.83. The molecule has 0 aliphatic carbocycles. The van der Waals surface area contributed by atoms with Crippen molar-refractivity contribution in [2.75, 3.05) is 33.9 Å². The summed E-state index contributed by atoms with van der Waals surface area (Å²) in [7, 11) is 3.30. The van der Waals surface area contributed by atoms with Crippen LogP contribution < -0.4 is 14.2 Å². The molecule has 1 aliphatic rings. The number of aromatic nitrogens is 2. The third-order valence-electron chi connectivity index (χ3n) is 4.64. The largest absolute Gasteiger partial charge is 0.493 e. The molecule has 0 saturated carbocycles. The number of ether oxygens (including phenoxy) is 3. The van der Waals surface area contributed by atoms with E-state index >= 15 is 0 Å². The Hall–Kier alpha value is -2.21. The van der Waals surface area contributed by atoms with Crippen LogP contribution in [0.15, 0.2) is 12.1 Å². The smallest absolute Gasteiger partial charge is 0.203 e. The molecule has 1 aromatic heterocycles. The molecule has 6 nitrogen and oxygen atoms in total. The fourth-order valence-electron chi connectivity index (χ4n) is 3.22. The summed E-state index contributed by atoms with van der Waals surface area (Å²) in [6.45, 7) is 7.91. The minimum absolute atomic E-state index is 0.620. The number of likely N-dealkylation sites (N-methyl/N-ethyl adjacent to an activating group) is 1. The zero-order valence-corrected chi connectivity index (χ0v) is 15.5. The topological polar surface area (TPSA) is 59.6 Å². The van der Waals surface area contributed by atoms with Crippen LogP contribution in [0.5, 0.6) is 17.2 Å². The Morgan fingerprint density at radius 3 is 2.48 bits per heavy atom. The molecule has 0 amide bonds. The van der Waals surface area contributed by atoms with Crippen molar-refractivity contribution in [2.45, 2.75) is 33.2 Å². The molecule has 1 aliphatic heterocycles. The van der Waals surface area contributed by atoms with E-state index in [0.717, 1.165) is 43.7 Å². The van der Waals surface area contributed by atoms with Crippen LogP contribution in [0.4, 0.5) is 0 Å². The highest BCUT2D eigenvalue weighted by atomic mass is 16.5. The third kappa shape index (κ3) is 3.44. The SMILES string of the molecule is CCCOc1c(OC)cc(-c2n[nH]c3c2CN(CC)CC3)cc1OC. The predicted octanol–water partition coefficient (Wildman–Crippen LogP) is 3.26. The predicted molar refractivity (Wildman–Crippen MR) is 97.6 cm³/mol. The quantitative estimate of drug-likeness (QED) is 0.835. The van der Waals surface area contributed by atoms with Gasteiger partial charge in [-0.2, -0.15) is 5.10 Å². The van der Waals surface area contributed by atoms with E-state index in [1.54, 1.807) is 14.2 Å². The highest BCUT2D eigenvalue weighted by molar-refractivity contribution is 5.71. The Kier molecular flexibility index (Phi) is 5.48. The summed E-state index contributed by atoms with van der Waals surface area (Å²) in [6.07, 6.45) is 1.93. The van der Waals surface area contributed by atoms with Gasteiger partial charge in [-0.3, -0.25) is 10.00 Å². The third-order valence-corrected chi connectivity index (χ3v) is 4.64. The molecule has 0 radical (unpaired) electrons. The average molecular weight is 345 g/mol. The number of nitrogens with zero attached hydrogens (tertiary/aromatic N) is 2. The lowest BCUT2D eigenvalue weighted by molar-refractivity contribution is 0.267. The Balaban J connectivity index is 2.02. The van der Waals surface area contributed by atoms with E-state index in [2.05, 4.69) is 28.9 Å². The molecule has 2 aromatic rings. The number of methoxy groups -OCH3 is 2. The summed E-state index contributed by atoms with van der Waals surface area (Å²) in [5.74, 6) is 1.99. The maximum Gasteiger partial charge on any atom is 0.203 e. The summed E-state index contributed by atoms with van der Waals surface area (Å²) in [4.78, 5) is 2.43. The lowest BCUT2D eigenvalue weighted by Gasteiger charge is -2.25. The van der Waals surface area contributed by atoms with Crippen molar-refractivity contribution in [2.24, 2.45) is 0 Å². The second-order valence-electron chi connectivity index (χ2n) is 6.21. The van der Waals surface area contributed by atoms with Gasteiger partial charge in [0.05, 0.1) is 26.5 Å². The number of H-pyrrole nitrogens is 1. The van der Waals surface area contributed by atoms with Crippen LogP contribution in [0.2, 0.25) is 0 Å². The van der Waals surface area contributed by atoms with Gasteiger partial charge in [-0.05, 0) is 25.1 Å². The lowest BCUT2D eigenvalue weighted by atomic mass is 10.0. The fourth-order valence-corrected chi connectivity index (χ4v) is 3.22. The molecule has 1 N–H and O–H groups in total. The van der Waals surface area contributed by atoms with Crippen LogP contribution in [0.25, 0.3) is 11.3 Å². The second-order valence-corrected chi connectivity index (χ2v) is 6.21. The van der Waals surface area contributed by atoms with Gasteiger partial charge in [0.15, 0.2) is 11.5 Å². The Labute approximate surface area is 149 Å². The van der Waals surface area contributed by atoms with E-state index in [0.29, 0.717) is 23.9 Å². The molecule has 0 unspecified atom stereocenters. The van der Waals surface area contributed by atoms with Gasteiger partial charge in [0.1, 0.15) is 0 Å². The van der Waals surface area contributed by atoms with E-state index in [9.17, 15) is 0 Å². The molecule has 0 spiro atoms. The first-order valence-corrected chi connectivity index (χ1v) is 8.89. The molecule has 1 aromatic carbocycles. The normalized spacial score (nSPS) is 14.2. The number of aromatic amines is 1. The summed E-state index contributed by atoms with van der Waals surface area (Å²) in [5, 5.41) is 7.78. The van der Waals surface area contributed by atoms with Crippen molar-refractivity contribution >= 4 is 0 Å². The molecule has 0 atom stereocenters. The minimum atomic E-state index is 0.620. The maximum atomic E-state index is 5.83. The molecule has 2 heterocycles. The number of rotatable bonds is 7.